The van der Waals surface area contributed by atoms with Gasteiger partial charge in [0.2, 0.25) is 10.0 Å². The van der Waals surface area contributed by atoms with Crippen LogP contribution >= 0.6 is 11.8 Å². The number of thioether (sulfide) groups is 1. The van der Waals surface area contributed by atoms with Crippen molar-refractivity contribution in [3.63, 3.8) is 0 Å². The molecular formula is C18H17NO2S2. The highest BCUT2D eigenvalue weighted by atomic mass is 32.2. The summed E-state index contributed by atoms with van der Waals surface area (Å²) in [5.74, 6) is 0.685. The third kappa shape index (κ3) is 4.13. The van der Waals surface area contributed by atoms with Gasteiger partial charge in [-0.3, -0.25) is 0 Å². The standard InChI is InChI=1S/C18H17NO2S2/c20-23(21,18-8-2-1-3-9-18)19-12-13-22-17-11-10-15-6-4-5-7-16(15)14-17/h1-11,14,19H,12-13H2. The highest BCUT2D eigenvalue weighted by molar-refractivity contribution is 7.99. The van der Waals surface area contributed by atoms with Crippen LogP contribution in [0.1, 0.15) is 0 Å². The lowest BCUT2D eigenvalue weighted by Gasteiger charge is -2.07. The molecule has 5 heteroatoms. The first-order valence-corrected chi connectivity index (χ1v) is 9.78. The van der Waals surface area contributed by atoms with Crippen molar-refractivity contribution in [1.29, 1.82) is 0 Å². The van der Waals surface area contributed by atoms with Gasteiger partial charge in [-0.15, -0.1) is 11.8 Å². The van der Waals surface area contributed by atoms with Crippen LogP contribution in [0.5, 0.6) is 0 Å². The third-order valence-electron chi connectivity index (χ3n) is 3.44. The van der Waals surface area contributed by atoms with Crippen molar-refractivity contribution in [1.82, 2.24) is 4.72 Å². The predicted octanol–water partition coefficient (Wildman–Crippen LogP) is 3.91. The van der Waals surface area contributed by atoms with Crippen LogP contribution in [0.15, 0.2) is 82.6 Å². The number of hydrogen-bond acceptors (Lipinski definition) is 3. The summed E-state index contributed by atoms with van der Waals surface area (Å²) < 4.78 is 26.8. The van der Waals surface area contributed by atoms with E-state index in [4.69, 9.17) is 0 Å². The Morgan fingerprint density at radius 3 is 2.30 bits per heavy atom. The summed E-state index contributed by atoms with van der Waals surface area (Å²) in [6, 6.07) is 22.9. The molecule has 1 N–H and O–H groups in total. The zero-order valence-corrected chi connectivity index (χ0v) is 14.1. The van der Waals surface area contributed by atoms with E-state index in [1.54, 1.807) is 42.1 Å². The lowest BCUT2D eigenvalue weighted by Crippen LogP contribution is -2.25. The molecule has 0 saturated heterocycles. The van der Waals surface area contributed by atoms with E-state index >= 15 is 0 Å². The fourth-order valence-electron chi connectivity index (χ4n) is 2.29. The molecule has 0 aliphatic rings. The van der Waals surface area contributed by atoms with Crippen molar-refractivity contribution in [2.75, 3.05) is 12.3 Å². The predicted molar refractivity (Wildman–Crippen MR) is 96.3 cm³/mol. The molecule has 0 aromatic heterocycles. The molecule has 3 nitrogen and oxygen atoms in total. The molecule has 118 valence electrons. The second-order valence-electron chi connectivity index (χ2n) is 5.07. The quantitative estimate of drug-likeness (QED) is 0.545. The Kier molecular flexibility index (Phi) is 5.00. The number of sulfonamides is 1. The third-order valence-corrected chi connectivity index (χ3v) is 5.91. The second-order valence-corrected chi connectivity index (χ2v) is 8.00. The fourth-order valence-corrected chi connectivity index (χ4v) is 4.28. The number of rotatable bonds is 6. The number of nitrogens with one attached hydrogen (secondary N) is 1. The highest BCUT2D eigenvalue weighted by Gasteiger charge is 2.11. The lowest BCUT2D eigenvalue weighted by molar-refractivity contribution is 0.584. The summed E-state index contributed by atoms with van der Waals surface area (Å²) >= 11 is 1.64. The molecule has 0 heterocycles. The van der Waals surface area contributed by atoms with Crippen molar-refractivity contribution in [3.8, 4) is 0 Å². The first-order valence-electron chi connectivity index (χ1n) is 7.31. The molecule has 0 bridgehead atoms. The minimum Gasteiger partial charge on any atom is -0.210 e. The molecule has 3 aromatic rings. The smallest absolute Gasteiger partial charge is 0.210 e. The molecule has 0 fully saturated rings. The summed E-state index contributed by atoms with van der Waals surface area (Å²) in [4.78, 5) is 1.44. The van der Waals surface area contributed by atoms with Crippen molar-refractivity contribution >= 4 is 32.6 Å². The van der Waals surface area contributed by atoms with Gasteiger partial charge < -0.3 is 0 Å². The van der Waals surface area contributed by atoms with Crippen molar-refractivity contribution < 1.29 is 8.42 Å². The first kappa shape index (κ1) is 16.1. The molecule has 0 amide bonds. The van der Waals surface area contributed by atoms with Crippen LogP contribution in [0.25, 0.3) is 10.8 Å². The van der Waals surface area contributed by atoms with E-state index in [1.165, 1.54) is 10.8 Å². The number of hydrogen-bond donors (Lipinski definition) is 1. The maximum atomic E-state index is 12.1. The van der Waals surface area contributed by atoms with Crippen LogP contribution in [-0.4, -0.2) is 20.7 Å². The second kappa shape index (κ2) is 7.17. The van der Waals surface area contributed by atoms with Gasteiger partial charge in [0.1, 0.15) is 0 Å². The monoisotopic (exact) mass is 343 g/mol. The zero-order valence-electron chi connectivity index (χ0n) is 12.5. The van der Waals surface area contributed by atoms with E-state index in [2.05, 4.69) is 35.1 Å². The van der Waals surface area contributed by atoms with Crippen LogP contribution in [-0.2, 0) is 10.0 Å². The van der Waals surface area contributed by atoms with Gasteiger partial charge in [-0.2, -0.15) is 0 Å². The van der Waals surface area contributed by atoms with Gasteiger partial charge in [-0.25, -0.2) is 13.1 Å². The largest absolute Gasteiger partial charge is 0.240 e. The number of benzene rings is 3. The zero-order chi connectivity index (χ0) is 16.1. The van der Waals surface area contributed by atoms with Gasteiger partial charge in [0.05, 0.1) is 4.90 Å². The van der Waals surface area contributed by atoms with Crippen molar-refractivity contribution in [3.05, 3.63) is 72.8 Å². The average Bonchev–Trinajstić information content (AvgIpc) is 2.59. The highest BCUT2D eigenvalue weighted by Crippen LogP contribution is 2.23. The maximum Gasteiger partial charge on any atom is 0.240 e. The molecular weight excluding hydrogens is 326 g/mol. The Morgan fingerprint density at radius 2 is 1.52 bits per heavy atom. The maximum absolute atomic E-state index is 12.1. The summed E-state index contributed by atoms with van der Waals surface area (Å²) in [6.07, 6.45) is 0. The van der Waals surface area contributed by atoms with Crippen molar-refractivity contribution in [2.45, 2.75) is 9.79 Å². The Bertz CT molecular complexity index is 893. The lowest BCUT2D eigenvalue weighted by atomic mass is 10.1. The van der Waals surface area contributed by atoms with Crippen LogP contribution < -0.4 is 4.72 Å². The molecule has 0 aliphatic carbocycles. The van der Waals surface area contributed by atoms with Gasteiger partial charge in [-0.05, 0) is 35.0 Å². The molecule has 0 unspecified atom stereocenters. The van der Waals surface area contributed by atoms with Crippen molar-refractivity contribution in [2.24, 2.45) is 0 Å². The number of fused-ring (bicyclic) bond motifs is 1. The van der Waals surface area contributed by atoms with E-state index in [0.29, 0.717) is 17.2 Å². The van der Waals surface area contributed by atoms with Gasteiger partial charge in [0.15, 0.2) is 0 Å². The van der Waals surface area contributed by atoms with Gasteiger partial charge in [-0.1, -0.05) is 48.5 Å². The summed E-state index contributed by atoms with van der Waals surface area (Å²) in [7, 11) is -3.41. The van der Waals surface area contributed by atoms with Gasteiger partial charge in [0, 0.05) is 17.2 Å². The van der Waals surface area contributed by atoms with Crippen LogP contribution in [0, 0.1) is 0 Å². The normalized spacial score (nSPS) is 11.7. The van der Waals surface area contributed by atoms with E-state index < -0.39 is 10.0 Å². The summed E-state index contributed by atoms with van der Waals surface area (Å²) in [5, 5.41) is 2.41. The molecule has 0 spiro atoms. The Balaban J connectivity index is 1.57. The average molecular weight is 343 g/mol. The first-order chi connectivity index (χ1) is 11.1. The molecule has 0 saturated carbocycles. The van der Waals surface area contributed by atoms with E-state index in [-0.39, 0.29) is 0 Å². The van der Waals surface area contributed by atoms with Crippen LogP contribution in [0.4, 0.5) is 0 Å². The minimum absolute atomic E-state index is 0.302. The van der Waals surface area contributed by atoms with E-state index in [9.17, 15) is 8.42 Å². The SMILES string of the molecule is O=S(=O)(NCCSc1ccc2ccccc2c1)c1ccccc1. The fraction of sp³-hybridized carbons (Fsp3) is 0.111. The van der Waals surface area contributed by atoms with E-state index in [1.807, 2.05) is 12.1 Å². The van der Waals surface area contributed by atoms with Gasteiger partial charge in [0.25, 0.3) is 0 Å². The molecule has 0 aliphatic heterocycles. The Hall–Kier alpha value is -1.82. The van der Waals surface area contributed by atoms with Crippen LogP contribution in [0.3, 0.4) is 0 Å². The summed E-state index contributed by atoms with van der Waals surface area (Å²) in [5.41, 5.74) is 0. The van der Waals surface area contributed by atoms with Gasteiger partial charge >= 0.3 is 0 Å². The summed E-state index contributed by atoms with van der Waals surface area (Å²) in [6.45, 7) is 0.398. The van der Waals surface area contributed by atoms with E-state index in [0.717, 1.165) is 4.90 Å². The molecule has 3 rings (SSSR count). The topological polar surface area (TPSA) is 46.2 Å². The Morgan fingerprint density at radius 1 is 0.826 bits per heavy atom. The van der Waals surface area contributed by atoms with Crippen LogP contribution in [0.2, 0.25) is 0 Å². The molecule has 0 atom stereocenters. The Labute approximate surface area is 140 Å². The minimum atomic E-state index is -3.41. The molecule has 3 aromatic carbocycles. The molecule has 0 radical (unpaired) electrons. The molecule has 23 heavy (non-hydrogen) atoms.